The quantitative estimate of drug-likeness (QED) is 0.630. The molecular weight excluding hydrogens is 270 g/mol. The van der Waals surface area contributed by atoms with Crippen LogP contribution in [0.2, 0.25) is 0 Å². The fourth-order valence-electron chi connectivity index (χ4n) is 1.92. The number of carbonyl (C=O) groups is 1. The maximum Gasteiger partial charge on any atom is 0.410 e. The fourth-order valence-corrected chi connectivity index (χ4v) is 1.92. The van der Waals surface area contributed by atoms with Crippen molar-refractivity contribution >= 4 is 11.9 Å². The molecule has 0 bridgehead atoms. The average molecular weight is 289 g/mol. The Hall–Kier alpha value is -2.31. The van der Waals surface area contributed by atoms with Crippen molar-refractivity contribution in [1.82, 2.24) is 15.1 Å². The van der Waals surface area contributed by atoms with Crippen LogP contribution in [0.15, 0.2) is 28.9 Å². The van der Waals surface area contributed by atoms with Crippen LogP contribution < -0.4 is 0 Å². The summed E-state index contributed by atoms with van der Waals surface area (Å²) in [6.45, 7) is 8.63. The highest BCUT2D eigenvalue weighted by Crippen LogP contribution is 2.21. The van der Waals surface area contributed by atoms with Gasteiger partial charge in [0.05, 0.1) is 18.3 Å². The third-order valence-electron chi connectivity index (χ3n) is 2.90. The Balaban J connectivity index is 2.09. The lowest BCUT2D eigenvalue weighted by atomic mass is 10.1. The summed E-state index contributed by atoms with van der Waals surface area (Å²) in [5.41, 5.74) is 1.83. The molecule has 112 valence electrons. The second-order valence-electron chi connectivity index (χ2n) is 5.02. The lowest BCUT2D eigenvalue weighted by molar-refractivity contribution is 0.107. The Morgan fingerprint density at radius 1 is 1.57 bits per heavy atom. The van der Waals surface area contributed by atoms with Crippen LogP contribution in [-0.4, -0.2) is 40.4 Å². The van der Waals surface area contributed by atoms with Gasteiger partial charge in [-0.1, -0.05) is 12.7 Å². The molecule has 0 radical (unpaired) electrons. The van der Waals surface area contributed by atoms with E-state index in [4.69, 9.17) is 4.74 Å². The zero-order chi connectivity index (χ0) is 15.2. The molecule has 7 heteroatoms. The van der Waals surface area contributed by atoms with Gasteiger partial charge in [0.25, 0.3) is 0 Å². The van der Waals surface area contributed by atoms with E-state index in [1.807, 2.05) is 19.9 Å². The first-order valence-corrected chi connectivity index (χ1v) is 6.89. The number of amides is 1. The number of nitrogens with zero attached hydrogens (tertiary/aromatic N) is 5. The summed E-state index contributed by atoms with van der Waals surface area (Å²) in [6.07, 6.45) is 1.86. The molecular formula is C14H19N5O2. The van der Waals surface area contributed by atoms with E-state index in [1.54, 1.807) is 11.0 Å². The van der Waals surface area contributed by atoms with Crippen LogP contribution in [0.1, 0.15) is 25.1 Å². The van der Waals surface area contributed by atoms with Crippen LogP contribution in [-0.2, 0) is 17.7 Å². The third kappa shape index (κ3) is 4.08. The van der Waals surface area contributed by atoms with E-state index < -0.39 is 0 Å². The summed E-state index contributed by atoms with van der Waals surface area (Å²) >= 11 is 0. The lowest BCUT2D eigenvalue weighted by Crippen LogP contribution is -2.36. The van der Waals surface area contributed by atoms with E-state index in [0.29, 0.717) is 25.3 Å². The van der Waals surface area contributed by atoms with Crippen LogP contribution >= 0.6 is 0 Å². The van der Waals surface area contributed by atoms with Gasteiger partial charge in [-0.05, 0) is 25.5 Å². The molecule has 0 saturated carbocycles. The number of ether oxygens (including phenoxy) is 1. The van der Waals surface area contributed by atoms with Crippen LogP contribution in [0.5, 0.6) is 0 Å². The molecule has 0 atom stereocenters. The van der Waals surface area contributed by atoms with Crippen molar-refractivity contribution in [3.8, 4) is 0 Å². The van der Waals surface area contributed by atoms with Crippen LogP contribution in [0.4, 0.5) is 10.6 Å². The van der Waals surface area contributed by atoms with Gasteiger partial charge in [0.1, 0.15) is 6.61 Å². The van der Waals surface area contributed by atoms with E-state index in [2.05, 4.69) is 27.0 Å². The van der Waals surface area contributed by atoms with Crippen LogP contribution in [0.25, 0.3) is 0 Å². The number of carbonyl (C=O) groups excluding carboxylic acids is 1. The molecule has 1 amide bonds. The van der Waals surface area contributed by atoms with Gasteiger partial charge in [-0.2, -0.15) is 10.2 Å². The van der Waals surface area contributed by atoms with E-state index in [0.717, 1.165) is 11.3 Å². The zero-order valence-corrected chi connectivity index (χ0v) is 12.3. The highest BCUT2D eigenvalue weighted by molar-refractivity contribution is 5.68. The smallest absolute Gasteiger partial charge is 0.410 e. The summed E-state index contributed by atoms with van der Waals surface area (Å²) < 4.78 is 5.05. The fraction of sp³-hybridized carbons (Fsp3) is 0.500. The van der Waals surface area contributed by atoms with Crippen molar-refractivity contribution < 1.29 is 9.53 Å². The minimum atomic E-state index is -0.345. The molecule has 0 aromatic carbocycles. The summed E-state index contributed by atoms with van der Waals surface area (Å²) in [5.74, 6) is 0.462. The van der Waals surface area contributed by atoms with Crippen LogP contribution in [0.3, 0.4) is 0 Å². The third-order valence-corrected chi connectivity index (χ3v) is 2.90. The molecule has 0 fully saturated rings. The molecule has 21 heavy (non-hydrogen) atoms. The van der Waals surface area contributed by atoms with Crippen molar-refractivity contribution in [2.75, 3.05) is 13.2 Å². The Bertz CT molecular complexity index is 556. The molecule has 0 aliphatic carbocycles. The Morgan fingerprint density at radius 3 is 3.10 bits per heavy atom. The predicted octanol–water partition coefficient (Wildman–Crippen LogP) is 2.65. The number of aromatic nitrogens is 2. The Kier molecular flexibility index (Phi) is 4.97. The molecule has 7 nitrogen and oxygen atoms in total. The molecule has 0 unspecified atom stereocenters. The summed E-state index contributed by atoms with van der Waals surface area (Å²) in [7, 11) is 0. The number of hydrogen-bond donors (Lipinski definition) is 0. The van der Waals surface area contributed by atoms with Gasteiger partial charge in [-0.15, -0.1) is 10.2 Å². The summed E-state index contributed by atoms with van der Waals surface area (Å²) in [6, 6.07) is 1.93. The summed E-state index contributed by atoms with van der Waals surface area (Å²) in [4.78, 5) is 13.5. The molecule has 0 saturated heterocycles. The van der Waals surface area contributed by atoms with E-state index >= 15 is 0 Å². The van der Waals surface area contributed by atoms with Crippen molar-refractivity contribution in [3.63, 3.8) is 0 Å². The topological polar surface area (TPSA) is 80.0 Å². The monoisotopic (exact) mass is 289 g/mol. The molecule has 1 aromatic rings. The molecule has 0 spiro atoms. The zero-order valence-electron chi connectivity index (χ0n) is 12.3. The second kappa shape index (κ2) is 6.92. The Labute approximate surface area is 123 Å². The molecule has 1 aromatic heterocycles. The number of azo groups is 1. The highest BCUT2D eigenvalue weighted by Gasteiger charge is 2.23. The summed E-state index contributed by atoms with van der Waals surface area (Å²) in [5, 5.41) is 16.3. The van der Waals surface area contributed by atoms with Crippen molar-refractivity contribution in [2.24, 2.45) is 10.2 Å². The normalized spacial score (nSPS) is 14.3. The maximum absolute atomic E-state index is 11.8. The van der Waals surface area contributed by atoms with E-state index in [1.165, 1.54) is 0 Å². The predicted molar refractivity (Wildman–Crippen MR) is 77.3 cm³/mol. The molecule has 2 rings (SSSR count). The molecule has 1 aliphatic rings. The maximum atomic E-state index is 11.8. The first-order chi connectivity index (χ1) is 10.1. The van der Waals surface area contributed by atoms with Crippen molar-refractivity contribution in [1.29, 1.82) is 0 Å². The molecule has 2 heterocycles. The SMILES string of the molecule is C=CCOC(=O)N1CCc2nnc(N=NC(C)C)cc2C1. The Morgan fingerprint density at radius 2 is 2.38 bits per heavy atom. The van der Waals surface area contributed by atoms with Crippen molar-refractivity contribution in [2.45, 2.75) is 32.9 Å². The van der Waals surface area contributed by atoms with Gasteiger partial charge in [0.15, 0.2) is 5.82 Å². The first kappa shape index (κ1) is 15.1. The van der Waals surface area contributed by atoms with Gasteiger partial charge in [0.2, 0.25) is 0 Å². The van der Waals surface area contributed by atoms with Gasteiger partial charge in [-0.25, -0.2) is 4.79 Å². The largest absolute Gasteiger partial charge is 0.445 e. The van der Waals surface area contributed by atoms with E-state index in [9.17, 15) is 4.79 Å². The minimum Gasteiger partial charge on any atom is -0.445 e. The molecule has 1 aliphatic heterocycles. The first-order valence-electron chi connectivity index (χ1n) is 6.89. The highest BCUT2D eigenvalue weighted by atomic mass is 16.6. The standard InChI is InChI=1S/C14H19N5O2/c1-4-7-21-14(20)19-6-5-12-11(9-19)8-13(18-16-12)17-15-10(2)3/h4,8,10H,1,5-7,9H2,2-3H3. The van der Waals surface area contributed by atoms with E-state index in [-0.39, 0.29) is 18.7 Å². The minimum absolute atomic E-state index is 0.105. The number of fused-ring (bicyclic) bond motifs is 1. The number of rotatable bonds is 4. The number of hydrogen-bond acceptors (Lipinski definition) is 6. The van der Waals surface area contributed by atoms with Gasteiger partial charge in [0, 0.05) is 13.0 Å². The van der Waals surface area contributed by atoms with Gasteiger partial charge in [-0.3, -0.25) is 0 Å². The van der Waals surface area contributed by atoms with Gasteiger partial charge < -0.3 is 9.64 Å². The lowest BCUT2D eigenvalue weighted by Gasteiger charge is -2.26. The van der Waals surface area contributed by atoms with Gasteiger partial charge >= 0.3 is 6.09 Å². The molecule has 0 N–H and O–H groups in total. The van der Waals surface area contributed by atoms with Crippen molar-refractivity contribution in [3.05, 3.63) is 30.0 Å². The van der Waals surface area contributed by atoms with Crippen LogP contribution in [0, 0.1) is 0 Å². The average Bonchev–Trinajstić information content (AvgIpc) is 2.49. The second-order valence-corrected chi connectivity index (χ2v) is 5.02.